The normalized spacial score (nSPS) is 10.0. The van der Waals surface area contributed by atoms with Crippen molar-refractivity contribution in [1.29, 1.82) is 5.26 Å². The smallest absolute Gasteiger partial charge is 0.123 e. The molecular formula is C11H7FN2. The van der Waals surface area contributed by atoms with Gasteiger partial charge in [-0.3, -0.25) is 4.98 Å². The van der Waals surface area contributed by atoms with Crippen LogP contribution in [0.25, 0.3) is 10.9 Å². The molecule has 0 fully saturated rings. The molecule has 2 aromatic rings. The third-order valence-electron chi connectivity index (χ3n) is 1.97. The number of fused-ring (bicyclic) bond motifs is 1. The molecule has 68 valence electrons. The first-order chi connectivity index (χ1) is 6.79. The van der Waals surface area contributed by atoms with Crippen molar-refractivity contribution in [3.8, 4) is 6.07 Å². The summed E-state index contributed by atoms with van der Waals surface area (Å²) >= 11 is 0. The number of benzene rings is 1. The minimum atomic E-state index is -0.271. The molecule has 2 rings (SSSR count). The Balaban J connectivity index is 2.57. The molecule has 3 heteroatoms. The number of hydrogen-bond donors (Lipinski definition) is 0. The van der Waals surface area contributed by atoms with Crippen LogP contribution in [0.2, 0.25) is 0 Å². The second-order valence-corrected chi connectivity index (χ2v) is 2.97. The summed E-state index contributed by atoms with van der Waals surface area (Å²) in [6.07, 6.45) is 0.285. The SMILES string of the molecule is N#CCc1ccc2cc(F)ccc2n1. The zero-order valence-electron chi connectivity index (χ0n) is 7.37. The van der Waals surface area contributed by atoms with Crippen LogP contribution in [0.1, 0.15) is 5.69 Å². The van der Waals surface area contributed by atoms with Crippen molar-refractivity contribution in [2.45, 2.75) is 6.42 Å². The Hall–Kier alpha value is -1.95. The van der Waals surface area contributed by atoms with E-state index in [1.54, 1.807) is 18.2 Å². The monoisotopic (exact) mass is 186 g/mol. The summed E-state index contributed by atoms with van der Waals surface area (Å²) in [7, 11) is 0. The van der Waals surface area contributed by atoms with E-state index in [9.17, 15) is 4.39 Å². The average Bonchev–Trinajstić information content (AvgIpc) is 2.19. The molecule has 0 spiro atoms. The van der Waals surface area contributed by atoms with Crippen LogP contribution in [0, 0.1) is 17.1 Å². The molecule has 0 saturated heterocycles. The van der Waals surface area contributed by atoms with Gasteiger partial charge in [0.05, 0.1) is 23.7 Å². The first-order valence-electron chi connectivity index (χ1n) is 4.22. The molecule has 0 amide bonds. The van der Waals surface area contributed by atoms with Crippen molar-refractivity contribution in [3.05, 3.63) is 41.8 Å². The van der Waals surface area contributed by atoms with Gasteiger partial charge < -0.3 is 0 Å². The van der Waals surface area contributed by atoms with Crippen LogP contribution in [0.15, 0.2) is 30.3 Å². The van der Waals surface area contributed by atoms with Crippen LogP contribution >= 0.6 is 0 Å². The fraction of sp³-hybridized carbons (Fsp3) is 0.0909. The molecule has 2 nitrogen and oxygen atoms in total. The highest BCUT2D eigenvalue weighted by atomic mass is 19.1. The lowest BCUT2D eigenvalue weighted by atomic mass is 10.2. The van der Waals surface area contributed by atoms with Gasteiger partial charge in [0.1, 0.15) is 5.82 Å². The molecule has 0 bridgehead atoms. The fourth-order valence-corrected chi connectivity index (χ4v) is 1.32. The number of nitriles is 1. The first kappa shape index (κ1) is 8.64. The Kier molecular flexibility index (Phi) is 2.11. The summed E-state index contributed by atoms with van der Waals surface area (Å²) in [4.78, 5) is 4.22. The summed E-state index contributed by atoms with van der Waals surface area (Å²) in [5, 5.41) is 9.24. The summed E-state index contributed by atoms with van der Waals surface area (Å²) in [5.74, 6) is -0.271. The predicted molar refractivity (Wildman–Crippen MR) is 51.0 cm³/mol. The molecule has 0 aliphatic heterocycles. The summed E-state index contributed by atoms with van der Waals surface area (Å²) in [6, 6.07) is 9.95. The summed E-state index contributed by atoms with van der Waals surface area (Å²) in [5.41, 5.74) is 1.44. The number of rotatable bonds is 1. The third-order valence-corrected chi connectivity index (χ3v) is 1.97. The molecule has 1 aromatic carbocycles. The van der Waals surface area contributed by atoms with Gasteiger partial charge in [-0.15, -0.1) is 0 Å². The molecule has 0 unspecified atom stereocenters. The Morgan fingerprint density at radius 1 is 1.29 bits per heavy atom. The summed E-state index contributed by atoms with van der Waals surface area (Å²) in [6.45, 7) is 0. The minimum absolute atomic E-state index is 0.271. The van der Waals surface area contributed by atoms with Gasteiger partial charge in [0.2, 0.25) is 0 Å². The van der Waals surface area contributed by atoms with E-state index in [4.69, 9.17) is 5.26 Å². The number of hydrogen-bond acceptors (Lipinski definition) is 2. The van der Waals surface area contributed by atoms with E-state index in [2.05, 4.69) is 4.98 Å². The van der Waals surface area contributed by atoms with Gasteiger partial charge in [-0.2, -0.15) is 5.26 Å². The second-order valence-electron chi connectivity index (χ2n) is 2.97. The predicted octanol–water partition coefficient (Wildman–Crippen LogP) is 2.44. The van der Waals surface area contributed by atoms with Crippen molar-refractivity contribution < 1.29 is 4.39 Å². The fourth-order valence-electron chi connectivity index (χ4n) is 1.32. The largest absolute Gasteiger partial charge is 0.252 e. The zero-order chi connectivity index (χ0) is 9.97. The third kappa shape index (κ3) is 1.55. The van der Waals surface area contributed by atoms with Gasteiger partial charge in [0, 0.05) is 5.39 Å². The van der Waals surface area contributed by atoms with Crippen LogP contribution in [0.3, 0.4) is 0 Å². The molecule has 0 atom stereocenters. The van der Waals surface area contributed by atoms with E-state index in [0.717, 1.165) is 10.9 Å². The van der Waals surface area contributed by atoms with Gasteiger partial charge in [-0.25, -0.2) is 4.39 Å². The molecule has 1 heterocycles. The molecule has 0 N–H and O–H groups in total. The average molecular weight is 186 g/mol. The van der Waals surface area contributed by atoms with E-state index in [1.807, 2.05) is 6.07 Å². The lowest BCUT2D eigenvalue weighted by Gasteiger charge is -1.99. The lowest BCUT2D eigenvalue weighted by molar-refractivity contribution is 0.629. The quantitative estimate of drug-likeness (QED) is 0.685. The van der Waals surface area contributed by atoms with Crippen molar-refractivity contribution in [2.75, 3.05) is 0 Å². The topological polar surface area (TPSA) is 36.7 Å². The number of aromatic nitrogens is 1. The maximum Gasteiger partial charge on any atom is 0.123 e. The van der Waals surface area contributed by atoms with Crippen LogP contribution < -0.4 is 0 Å². The Morgan fingerprint density at radius 3 is 2.93 bits per heavy atom. The zero-order valence-corrected chi connectivity index (χ0v) is 7.37. The molecular weight excluding hydrogens is 179 g/mol. The van der Waals surface area contributed by atoms with Crippen LogP contribution in [-0.4, -0.2) is 4.98 Å². The molecule has 0 aliphatic rings. The van der Waals surface area contributed by atoms with Crippen LogP contribution in [-0.2, 0) is 6.42 Å². The van der Waals surface area contributed by atoms with Gasteiger partial charge in [0.25, 0.3) is 0 Å². The van der Waals surface area contributed by atoms with Gasteiger partial charge in [-0.05, 0) is 24.3 Å². The highest BCUT2D eigenvalue weighted by Crippen LogP contribution is 2.14. The lowest BCUT2D eigenvalue weighted by Crippen LogP contribution is -1.88. The van der Waals surface area contributed by atoms with Crippen molar-refractivity contribution in [2.24, 2.45) is 0 Å². The number of pyridine rings is 1. The second kappa shape index (κ2) is 3.43. The van der Waals surface area contributed by atoms with E-state index in [1.165, 1.54) is 12.1 Å². The van der Waals surface area contributed by atoms with E-state index < -0.39 is 0 Å². The van der Waals surface area contributed by atoms with Crippen LogP contribution in [0.5, 0.6) is 0 Å². The van der Waals surface area contributed by atoms with E-state index >= 15 is 0 Å². The maximum atomic E-state index is 12.8. The Labute approximate surface area is 80.6 Å². The molecule has 14 heavy (non-hydrogen) atoms. The molecule has 0 aliphatic carbocycles. The highest BCUT2D eigenvalue weighted by Gasteiger charge is 1.98. The van der Waals surface area contributed by atoms with E-state index in [0.29, 0.717) is 5.69 Å². The standard InChI is InChI=1S/C11H7FN2/c12-9-2-4-11-8(7-9)1-3-10(14-11)5-6-13/h1-4,7H,5H2. The number of halogens is 1. The molecule has 1 aromatic heterocycles. The molecule has 0 saturated carbocycles. The first-order valence-corrected chi connectivity index (χ1v) is 4.22. The van der Waals surface area contributed by atoms with Crippen molar-refractivity contribution in [3.63, 3.8) is 0 Å². The Morgan fingerprint density at radius 2 is 2.14 bits per heavy atom. The minimum Gasteiger partial charge on any atom is -0.252 e. The van der Waals surface area contributed by atoms with Gasteiger partial charge >= 0.3 is 0 Å². The van der Waals surface area contributed by atoms with E-state index in [-0.39, 0.29) is 12.2 Å². The van der Waals surface area contributed by atoms with Gasteiger partial charge in [0.15, 0.2) is 0 Å². The van der Waals surface area contributed by atoms with Crippen LogP contribution in [0.4, 0.5) is 4.39 Å². The van der Waals surface area contributed by atoms with Crippen molar-refractivity contribution >= 4 is 10.9 Å². The highest BCUT2D eigenvalue weighted by molar-refractivity contribution is 5.78. The van der Waals surface area contributed by atoms with Gasteiger partial charge in [-0.1, -0.05) is 6.07 Å². The maximum absolute atomic E-state index is 12.8. The number of nitrogens with zero attached hydrogens (tertiary/aromatic N) is 2. The van der Waals surface area contributed by atoms with Crippen molar-refractivity contribution in [1.82, 2.24) is 4.98 Å². The Bertz CT molecular complexity index is 514. The summed E-state index contributed by atoms with van der Waals surface area (Å²) < 4.78 is 12.8. The molecule has 0 radical (unpaired) electrons.